The molecule has 2 N–H and O–H groups in total. The Balaban J connectivity index is 1.92. The monoisotopic (exact) mass is 320 g/mol. The number of hydrogen-bond donors (Lipinski definition) is 2. The van der Waals surface area contributed by atoms with Gasteiger partial charge in [-0.3, -0.25) is 9.59 Å². The number of aromatic nitrogens is 1. The third-order valence-electron chi connectivity index (χ3n) is 4.00. The van der Waals surface area contributed by atoms with Gasteiger partial charge in [0.25, 0.3) is 5.91 Å². The number of aliphatic carboxylic acids is 1. The van der Waals surface area contributed by atoms with Gasteiger partial charge in [-0.15, -0.1) is 0 Å². The molecule has 1 aromatic heterocycles. The van der Waals surface area contributed by atoms with E-state index in [0.29, 0.717) is 10.7 Å². The molecule has 0 bridgehead atoms. The topological polar surface area (TPSA) is 73.4 Å². The van der Waals surface area contributed by atoms with Crippen LogP contribution in [-0.4, -0.2) is 39.5 Å². The number of carboxylic acid groups (broad SMARTS) is 1. The predicted octanol–water partition coefficient (Wildman–Crippen LogP) is 3.15. The second kappa shape index (κ2) is 5.65. The van der Waals surface area contributed by atoms with Crippen LogP contribution in [0.4, 0.5) is 0 Å². The summed E-state index contributed by atoms with van der Waals surface area (Å²) in [5.74, 6) is -1.73. The number of amides is 1. The van der Waals surface area contributed by atoms with Crippen molar-refractivity contribution in [1.82, 2.24) is 9.88 Å². The predicted molar refractivity (Wildman–Crippen MR) is 84.2 cm³/mol. The molecule has 1 aliphatic rings. The molecule has 1 saturated carbocycles. The molecule has 1 unspecified atom stereocenters. The summed E-state index contributed by atoms with van der Waals surface area (Å²) in [5.41, 5.74) is 1.14. The summed E-state index contributed by atoms with van der Waals surface area (Å²) in [6, 6.07) is 7.57. The van der Waals surface area contributed by atoms with Gasteiger partial charge in [-0.1, -0.05) is 36.7 Å². The lowest BCUT2D eigenvalue weighted by atomic mass is 10.1. The van der Waals surface area contributed by atoms with E-state index in [1.54, 1.807) is 11.8 Å². The van der Waals surface area contributed by atoms with Gasteiger partial charge in [-0.05, 0) is 18.9 Å². The summed E-state index contributed by atoms with van der Waals surface area (Å²) < 4.78 is 0. The molecule has 1 heterocycles. The van der Waals surface area contributed by atoms with Gasteiger partial charge in [0, 0.05) is 23.5 Å². The molecule has 2 aromatic rings. The highest BCUT2D eigenvalue weighted by Crippen LogP contribution is 2.33. The molecule has 116 valence electrons. The van der Waals surface area contributed by atoms with Crippen molar-refractivity contribution in [1.29, 1.82) is 0 Å². The largest absolute Gasteiger partial charge is 0.481 e. The molecule has 0 spiro atoms. The van der Waals surface area contributed by atoms with Crippen LogP contribution in [0.2, 0.25) is 5.02 Å². The number of hydrogen-bond acceptors (Lipinski definition) is 2. The van der Waals surface area contributed by atoms with Crippen molar-refractivity contribution in [2.45, 2.75) is 25.8 Å². The fourth-order valence-corrected chi connectivity index (χ4v) is 2.85. The highest BCUT2D eigenvalue weighted by molar-refractivity contribution is 6.38. The molecule has 1 fully saturated rings. The summed E-state index contributed by atoms with van der Waals surface area (Å²) in [6.07, 6.45) is 1.83. The van der Waals surface area contributed by atoms with E-state index in [-0.39, 0.29) is 18.5 Å². The number of carbonyl (C=O) groups is 2. The SMILES string of the molecule is CC(CN(C(=O)c1[nH]c2ccccc2c1Cl)C1CC1)C(=O)O. The van der Waals surface area contributed by atoms with Crippen LogP contribution < -0.4 is 0 Å². The highest BCUT2D eigenvalue weighted by Gasteiger charge is 2.36. The van der Waals surface area contributed by atoms with Gasteiger partial charge >= 0.3 is 5.97 Å². The summed E-state index contributed by atoms with van der Waals surface area (Å²) >= 11 is 6.33. The van der Waals surface area contributed by atoms with E-state index in [1.165, 1.54) is 0 Å². The van der Waals surface area contributed by atoms with Crippen molar-refractivity contribution in [2.75, 3.05) is 6.54 Å². The van der Waals surface area contributed by atoms with E-state index < -0.39 is 11.9 Å². The number of para-hydroxylation sites is 1. The molecule has 0 radical (unpaired) electrons. The van der Waals surface area contributed by atoms with E-state index in [9.17, 15) is 9.59 Å². The molecule has 0 aliphatic heterocycles. The van der Waals surface area contributed by atoms with Gasteiger partial charge in [-0.2, -0.15) is 0 Å². The maximum Gasteiger partial charge on any atom is 0.308 e. The van der Waals surface area contributed by atoms with E-state index >= 15 is 0 Å². The minimum Gasteiger partial charge on any atom is -0.481 e. The summed E-state index contributed by atoms with van der Waals surface area (Å²) in [7, 11) is 0. The summed E-state index contributed by atoms with van der Waals surface area (Å²) in [4.78, 5) is 28.6. The number of halogens is 1. The Morgan fingerprint density at radius 3 is 2.68 bits per heavy atom. The Morgan fingerprint density at radius 2 is 2.09 bits per heavy atom. The quantitative estimate of drug-likeness (QED) is 0.888. The molecule has 5 nitrogen and oxygen atoms in total. The van der Waals surface area contributed by atoms with Crippen LogP contribution in [0, 0.1) is 5.92 Å². The van der Waals surface area contributed by atoms with Crippen molar-refractivity contribution in [3.63, 3.8) is 0 Å². The Morgan fingerprint density at radius 1 is 1.41 bits per heavy atom. The molecule has 0 saturated heterocycles. The minimum atomic E-state index is -0.902. The molecular weight excluding hydrogens is 304 g/mol. The Labute approximate surface area is 132 Å². The van der Waals surface area contributed by atoms with Gasteiger partial charge in [0.15, 0.2) is 0 Å². The number of carbonyl (C=O) groups excluding carboxylic acids is 1. The average Bonchev–Trinajstić information content (AvgIpc) is 3.28. The van der Waals surface area contributed by atoms with Crippen molar-refractivity contribution in [3.05, 3.63) is 35.0 Å². The molecule has 1 atom stereocenters. The molecular formula is C16H17ClN2O3. The van der Waals surface area contributed by atoms with Crippen LogP contribution in [0.3, 0.4) is 0 Å². The number of H-pyrrole nitrogens is 1. The van der Waals surface area contributed by atoms with E-state index in [0.717, 1.165) is 23.7 Å². The second-order valence-corrected chi connectivity index (χ2v) is 6.17. The van der Waals surface area contributed by atoms with Gasteiger partial charge < -0.3 is 15.0 Å². The molecule has 1 amide bonds. The first kappa shape index (κ1) is 14.9. The number of aromatic amines is 1. The molecule has 22 heavy (non-hydrogen) atoms. The van der Waals surface area contributed by atoms with Crippen LogP contribution >= 0.6 is 11.6 Å². The first-order valence-corrected chi connectivity index (χ1v) is 7.66. The summed E-state index contributed by atoms with van der Waals surface area (Å²) in [5, 5.41) is 10.3. The summed E-state index contributed by atoms with van der Waals surface area (Å²) in [6.45, 7) is 1.81. The smallest absolute Gasteiger partial charge is 0.308 e. The van der Waals surface area contributed by atoms with Crippen molar-refractivity contribution in [3.8, 4) is 0 Å². The zero-order chi connectivity index (χ0) is 15.9. The molecule has 6 heteroatoms. The zero-order valence-corrected chi connectivity index (χ0v) is 12.9. The third-order valence-corrected chi connectivity index (χ3v) is 4.39. The normalized spacial score (nSPS) is 15.7. The maximum atomic E-state index is 12.8. The highest BCUT2D eigenvalue weighted by atomic mass is 35.5. The van der Waals surface area contributed by atoms with Gasteiger partial charge in [-0.25, -0.2) is 0 Å². The number of carboxylic acids is 1. The van der Waals surface area contributed by atoms with Crippen LogP contribution in [0.1, 0.15) is 30.3 Å². The Kier molecular flexibility index (Phi) is 3.83. The number of rotatable bonds is 5. The number of nitrogens with zero attached hydrogens (tertiary/aromatic N) is 1. The van der Waals surface area contributed by atoms with Crippen LogP contribution in [-0.2, 0) is 4.79 Å². The van der Waals surface area contributed by atoms with Gasteiger partial charge in [0.1, 0.15) is 5.69 Å². The minimum absolute atomic E-state index is 0.122. The van der Waals surface area contributed by atoms with Crippen LogP contribution in [0.25, 0.3) is 10.9 Å². The molecule has 1 aliphatic carbocycles. The van der Waals surface area contributed by atoms with Crippen molar-refractivity contribution in [2.24, 2.45) is 5.92 Å². The zero-order valence-electron chi connectivity index (χ0n) is 12.2. The van der Waals surface area contributed by atoms with E-state index in [1.807, 2.05) is 24.3 Å². The number of nitrogens with one attached hydrogen (secondary N) is 1. The maximum absolute atomic E-state index is 12.8. The lowest BCUT2D eigenvalue weighted by molar-refractivity contribution is -0.141. The molecule has 1 aromatic carbocycles. The van der Waals surface area contributed by atoms with Crippen LogP contribution in [0.15, 0.2) is 24.3 Å². The van der Waals surface area contributed by atoms with Crippen molar-refractivity contribution >= 4 is 34.4 Å². The first-order valence-electron chi connectivity index (χ1n) is 7.29. The third kappa shape index (κ3) is 2.68. The lowest BCUT2D eigenvalue weighted by Gasteiger charge is -2.24. The lowest BCUT2D eigenvalue weighted by Crippen LogP contribution is -2.38. The standard InChI is InChI=1S/C16H17ClN2O3/c1-9(16(21)22)8-19(10-6-7-10)15(20)14-13(17)11-4-2-3-5-12(11)18-14/h2-5,9-10,18H,6-8H2,1H3,(H,21,22). The fraction of sp³-hybridized carbons (Fsp3) is 0.375. The van der Waals surface area contributed by atoms with Crippen molar-refractivity contribution < 1.29 is 14.7 Å². The van der Waals surface area contributed by atoms with E-state index in [4.69, 9.17) is 16.7 Å². The fourth-order valence-electron chi connectivity index (χ4n) is 2.56. The van der Waals surface area contributed by atoms with Gasteiger partial charge in [0.05, 0.1) is 10.9 Å². The number of benzene rings is 1. The van der Waals surface area contributed by atoms with Crippen LogP contribution in [0.5, 0.6) is 0 Å². The average molecular weight is 321 g/mol. The van der Waals surface area contributed by atoms with E-state index in [2.05, 4.69) is 4.98 Å². The Bertz CT molecular complexity index is 736. The Hall–Kier alpha value is -2.01. The second-order valence-electron chi connectivity index (χ2n) is 5.79. The first-order chi connectivity index (χ1) is 10.5. The number of fused-ring (bicyclic) bond motifs is 1. The molecule has 3 rings (SSSR count). The van der Waals surface area contributed by atoms with Gasteiger partial charge in [0.2, 0.25) is 0 Å².